The number of ether oxygens (including phenoxy) is 1. The van der Waals surface area contributed by atoms with E-state index in [0.717, 1.165) is 19.1 Å². The van der Waals surface area contributed by atoms with Crippen molar-refractivity contribution in [3.63, 3.8) is 0 Å². The molecular weight excluding hydrogens is 188 g/mol. The molecule has 1 saturated carbocycles. The van der Waals surface area contributed by atoms with Gasteiger partial charge in [0.25, 0.3) is 0 Å². The van der Waals surface area contributed by atoms with Gasteiger partial charge in [-0.25, -0.2) is 0 Å². The molecule has 2 aliphatic rings. The summed E-state index contributed by atoms with van der Waals surface area (Å²) in [5.41, 5.74) is 6.32. The monoisotopic (exact) mass is 212 g/mol. The summed E-state index contributed by atoms with van der Waals surface area (Å²) in [6.45, 7) is 5.55. The molecule has 2 rings (SSSR count). The molecule has 1 saturated heterocycles. The fraction of sp³-hybridized carbons (Fsp3) is 1.00. The molecule has 88 valence electrons. The van der Waals surface area contributed by atoms with Crippen LogP contribution in [0.2, 0.25) is 0 Å². The summed E-state index contributed by atoms with van der Waals surface area (Å²) < 4.78 is 5.21. The molecule has 0 amide bonds. The maximum atomic E-state index is 5.81. The zero-order chi connectivity index (χ0) is 10.7. The van der Waals surface area contributed by atoms with Crippen LogP contribution < -0.4 is 5.73 Å². The average Bonchev–Trinajstić information content (AvgIpc) is 3.02. The molecule has 1 heterocycles. The highest BCUT2D eigenvalue weighted by molar-refractivity contribution is 4.96. The maximum absolute atomic E-state index is 5.81. The summed E-state index contributed by atoms with van der Waals surface area (Å²) in [4.78, 5) is 2.60. The molecular formula is C12H24N2O. The molecule has 3 heteroatoms. The first-order chi connectivity index (χ1) is 7.28. The Balaban J connectivity index is 1.69. The lowest BCUT2D eigenvalue weighted by Crippen LogP contribution is -2.40. The summed E-state index contributed by atoms with van der Waals surface area (Å²) >= 11 is 0. The largest absolute Gasteiger partial charge is 0.384 e. The lowest BCUT2D eigenvalue weighted by atomic mass is 9.96. The van der Waals surface area contributed by atoms with E-state index < -0.39 is 0 Å². The molecule has 0 aromatic heterocycles. The molecule has 2 fully saturated rings. The summed E-state index contributed by atoms with van der Waals surface area (Å²) in [5, 5.41) is 0. The zero-order valence-corrected chi connectivity index (χ0v) is 9.87. The van der Waals surface area contributed by atoms with Gasteiger partial charge in [0.15, 0.2) is 0 Å². The molecule has 1 aliphatic heterocycles. The van der Waals surface area contributed by atoms with Crippen molar-refractivity contribution in [3.8, 4) is 0 Å². The quantitative estimate of drug-likeness (QED) is 0.741. The SMILES string of the molecule is COCC1CCN(CC2(CN)CC2)CC1. The summed E-state index contributed by atoms with van der Waals surface area (Å²) in [7, 11) is 1.81. The van der Waals surface area contributed by atoms with Crippen molar-refractivity contribution in [2.45, 2.75) is 25.7 Å². The van der Waals surface area contributed by atoms with Gasteiger partial charge in [-0.1, -0.05) is 0 Å². The molecule has 0 aromatic carbocycles. The van der Waals surface area contributed by atoms with Crippen molar-refractivity contribution < 1.29 is 4.74 Å². The Kier molecular flexibility index (Phi) is 3.65. The number of hydrogen-bond acceptors (Lipinski definition) is 3. The van der Waals surface area contributed by atoms with Gasteiger partial charge in [0, 0.05) is 20.3 Å². The van der Waals surface area contributed by atoms with Gasteiger partial charge in [-0.2, -0.15) is 0 Å². The number of hydrogen-bond donors (Lipinski definition) is 1. The molecule has 0 aromatic rings. The Labute approximate surface area is 93.0 Å². The Morgan fingerprint density at radius 3 is 2.47 bits per heavy atom. The normalized spacial score (nSPS) is 26.8. The summed E-state index contributed by atoms with van der Waals surface area (Å²) in [5.74, 6) is 0.791. The van der Waals surface area contributed by atoms with E-state index in [1.807, 2.05) is 0 Å². The average molecular weight is 212 g/mol. The highest BCUT2D eigenvalue weighted by Gasteiger charge is 2.42. The Morgan fingerprint density at radius 1 is 1.33 bits per heavy atom. The highest BCUT2D eigenvalue weighted by atomic mass is 16.5. The van der Waals surface area contributed by atoms with Crippen LogP contribution in [-0.2, 0) is 4.74 Å². The van der Waals surface area contributed by atoms with Crippen LogP contribution in [0.25, 0.3) is 0 Å². The van der Waals surface area contributed by atoms with Gasteiger partial charge in [-0.3, -0.25) is 0 Å². The Hall–Kier alpha value is -0.120. The number of likely N-dealkylation sites (tertiary alicyclic amines) is 1. The zero-order valence-electron chi connectivity index (χ0n) is 9.87. The van der Waals surface area contributed by atoms with E-state index in [2.05, 4.69) is 4.90 Å². The number of nitrogens with zero attached hydrogens (tertiary/aromatic N) is 1. The van der Waals surface area contributed by atoms with E-state index in [4.69, 9.17) is 10.5 Å². The third-order valence-corrected chi connectivity index (χ3v) is 4.06. The number of nitrogens with two attached hydrogens (primary N) is 1. The van der Waals surface area contributed by atoms with E-state index in [1.54, 1.807) is 7.11 Å². The Morgan fingerprint density at radius 2 is 2.00 bits per heavy atom. The predicted octanol–water partition coefficient (Wildman–Crippen LogP) is 1.08. The molecule has 0 radical (unpaired) electrons. The molecule has 2 N–H and O–H groups in total. The van der Waals surface area contributed by atoms with Gasteiger partial charge in [0.2, 0.25) is 0 Å². The second-order valence-electron chi connectivity index (χ2n) is 5.38. The molecule has 0 atom stereocenters. The van der Waals surface area contributed by atoms with E-state index in [1.165, 1.54) is 45.3 Å². The molecule has 0 bridgehead atoms. The van der Waals surface area contributed by atoms with Crippen LogP contribution in [0.4, 0.5) is 0 Å². The van der Waals surface area contributed by atoms with Gasteiger partial charge in [0.05, 0.1) is 0 Å². The topological polar surface area (TPSA) is 38.5 Å². The molecule has 1 aliphatic carbocycles. The standard InChI is InChI=1S/C12H24N2O/c1-15-8-11-2-6-14(7-3-11)10-12(9-13)4-5-12/h11H,2-10,13H2,1H3. The van der Waals surface area contributed by atoms with Crippen molar-refractivity contribution in [2.75, 3.05) is 39.9 Å². The van der Waals surface area contributed by atoms with E-state index in [9.17, 15) is 0 Å². The van der Waals surface area contributed by atoms with Gasteiger partial charge in [-0.15, -0.1) is 0 Å². The summed E-state index contributed by atoms with van der Waals surface area (Å²) in [6, 6.07) is 0. The number of methoxy groups -OCH3 is 1. The molecule has 0 unspecified atom stereocenters. The third-order valence-electron chi connectivity index (χ3n) is 4.06. The van der Waals surface area contributed by atoms with Gasteiger partial charge >= 0.3 is 0 Å². The van der Waals surface area contributed by atoms with Crippen molar-refractivity contribution >= 4 is 0 Å². The summed E-state index contributed by atoms with van der Waals surface area (Å²) in [6.07, 6.45) is 5.30. The van der Waals surface area contributed by atoms with Gasteiger partial charge in [0.1, 0.15) is 0 Å². The van der Waals surface area contributed by atoms with Gasteiger partial charge < -0.3 is 15.4 Å². The lowest BCUT2D eigenvalue weighted by molar-refractivity contribution is 0.0908. The van der Waals surface area contributed by atoms with Crippen LogP contribution in [0.15, 0.2) is 0 Å². The number of piperidine rings is 1. The van der Waals surface area contributed by atoms with Crippen LogP contribution >= 0.6 is 0 Å². The fourth-order valence-corrected chi connectivity index (χ4v) is 2.62. The van der Waals surface area contributed by atoms with Crippen molar-refractivity contribution in [2.24, 2.45) is 17.1 Å². The van der Waals surface area contributed by atoms with Crippen molar-refractivity contribution in [1.82, 2.24) is 4.90 Å². The van der Waals surface area contributed by atoms with Crippen molar-refractivity contribution in [1.29, 1.82) is 0 Å². The first-order valence-corrected chi connectivity index (χ1v) is 6.19. The first kappa shape index (κ1) is 11.4. The molecule has 3 nitrogen and oxygen atoms in total. The molecule has 0 spiro atoms. The van der Waals surface area contributed by atoms with Crippen LogP contribution in [0.5, 0.6) is 0 Å². The van der Waals surface area contributed by atoms with Gasteiger partial charge in [-0.05, 0) is 56.7 Å². The van der Waals surface area contributed by atoms with Crippen LogP contribution in [-0.4, -0.2) is 44.8 Å². The van der Waals surface area contributed by atoms with E-state index in [0.29, 0.717) is 5.41 Å². The second kappa shape index (κ2) is 4.81. The second-order valence-corrected chi connectivity index (χ2v) is 5.38. The van der Waals surface area contributed by atoms with Crippen LogP contribution in [0.1, 0.15) is 25.7 Å². The highest BCUT2D eigenvalue weighted by Crippen LogP contribution is 2.45. The predicted molar refractivity (Wildman–Crippen MR) is 61.8 cm³/mol. The third kappa shape index (κ3) is 2.92. The van der Waals surface area contributed by atoms with Crippen LogP contribution in [0, 0.1) is 11.3 Å². The van der Waals surface area contributed by atoms with Crippen LogP contribution in [0.3, 0.4) is 0 Å². The minimum absolute atomic E-state index is 0.508. The molecule has 15 heavy (non-hydrogen) atoms. The minimum Gasteiger partial charge on any atom is -0.384 e. The number of rotatable bonds is 5. The first-order valence-electron chi connectivity index (χ1n) is 6.19. The lowest BCUT2D eigenvalue weighted by Gasteiger charge is -2.33. The fourth-order valence-electron chi connectivity index (χ4n) is 2.62. The smallest absolute Gasteiger partial charge is 0.0491 e. The van der Waals surface area contributed by atoms with E-state index in [-0.39, 0.29) is 0 Å². The van der Waals surface area contributed by atoms with E-state index >= 15 is 0 Å². The Bertz CT molecular complexity index is 196. The maximum Gasteiger partial charge on any atom is 0.0491 e. The minimum atomic E-state index is 0.508. The van der Waals surface area contributed by atoms with Crippen molar-refractivity contribution in [3.05, 3.63) is 0 Å².